The van der Waals surface area contributed by atoms with Crippen LogP contribution in [0, 0.1) is 5.92 Å². The van der Waals surface area contributed by atoms with Gasteiger partial charge in [-0.1, -0.05) is 13.0 Å². The van der Waals surface area contributed by atoms with Crippen LogP contribution in [0.2, 0.25) is 0 Å². The summed E-state index contributed by atoms with van der Waals surface area (Å²) in [4.78, 5) is 6.79. The Hall–Kier alpha value is -0.970. The maximum atomic E-state index is 9.81. The van der Waals surface area contributed by atoms with E-state index in [1.165, 1.54) is 0 Å². The highest BCUT2D eigenvalue weighted by molar-refractivity contribution is 5.11. The topological polar surface area (TPSA) is 62.4 Å². The van der Waals surface area contributed by atoms with Crippen molar-refractivity contribution in [2.24, 2.45) is 11.7 Å². The van der Waals surface area contributed by atoms with Gasteiger partial charge < -0.3 is 10.8 Å². The molecule has 0 aromatic carbocycles. The molecule has 18 heavy (non-hydrogen) atoms. The lowest BCUT2D eigenvalue weighted by atomic mass is 9.93. The fraction of sp³-hybridized carbons (Fsp3) is 0.643. The van der Waals surface area contributed by atoms with E-state index >= 15 is 0 Å². The van der Waals surface area contributed by atoms with Gasteiger partial charge in [0.1, 0.15) is 0 Å². The smallest absolute Gasteiger partial charge is 0.0671 e. The Bertz CT molecular complexity index is 369. The molecule has 0 spiro atoms. The van der Waals surface area contributed by atoms with E-state index < -0.39 is 0 Å². The van der Waals surface area contributed by atoms with Gasteiger partial charge in [0.05, 0.1) is 17.8 Å². The molecule has 4 atom stereocenters. The molecule has 0 aliphatic carbocycles. The molecular formula is C14H23N3O. The predicted molar refractivity (Wildman–Crippen MR) is 72.0 cm³/mol. The number of hydrogen-bond acceptors (Lipinski definition) is 4. The van der Waals surface area contributed by atoms with Crippen molar-refractivity contribution in [2.75, 3.05) is 13.1 Å². The van der Waals surface area contributed by atoms with Crippen LogP contribution in [0.15, 0.2) is 24.4 Å². The standard InChI is InChI=1S/C14H23N3O/c1-10-9-17(8-6-13(10)18)14(11(2)15)12-5-3-4-7-16-12/h3-5,7,10-11,13-14,18H,6,8-9,15H2,1-2H3. The largest absolute Gasteiger partial charge is 0.393 e. The van der Waals surface area contributed by atoms with E-state index in [9.17, 15) is 5.11 Å². The number of rotatable bonds is 3. The van der Waals surface area contributed by atoms with Crippen LogP contribution >= 0.6 is 0 Å². The van der Waals surface area contributed by atoms with Gasteiger partial charge in [-0.2, -0.15) is 0 Å². The third-order valence-electron chi connectivity index (χ3n) is 3.77. The molecule has 2 heterocycles. The van der Waals surface area contributed by atoms with Gasteiger partial charge in [0.2, 0.25) is 0 Å². The lowest BCUT2D eigenvalue weighted by Crippen LogP contribution is -2.48. The highest BCUT2D eigenvalue weighted by atomic mass is 16.3. The summed E-state index contributed by atoms with van der Waals surface area (Å²) in [6.45, 7) is 5.88. The van der Waals surface area contributed by atoms with Gasteiger partial charge in [-0.25, -0.2) is 0 Å². The first-order valence-corrected chi connectivity index (χ1v) is 6.68. The number of pyridine rings is 1. The molecule has 4 heteroatoms. The molecular weight excluding hydrogens is 226 g/mol. The van der Waals surface area contributed by atoms with E-state index in [0.717, 1.165) is 25.2 Å². The van der Waals surface area contributed by atoms with E-state index in [-0.39, 0.29) is 18.2 Å². The van der Waals surface area contributed by atoms with Crippen molar-refractivity contribution in [2.45, 2.75) is 38.5 Å². The Labute approximate surface area is 109 Å². The van der Waals surface area contributed by atoms with Crippen molar-refractivity contribution < 1.29 is 5.11 Å². The minimum Gasteiger partial charge on any atom is -0.393 e. The van der Waals surface area contributed by atoms with Crippen LogP contribution in [0.25, 0.3) is 0 Å². The van der Waals surface area contributed by atoms with Crippen LogP contribution in [0.1, 0.15) is 32.0 Å². The number of piperidine rings is 1. The first-order valence-electron chi connectivity index (χ1n) is 6.68. The summed E-state index contributed by atoms with van der Waals surface area (Å²) in [6, 6.07) is 6.12. The highest BCUT2D eigenvalue weighted by Gasteiger charge is 2.31. The Balaban J connectivity index is 2.16. The van der Waals surface area contributed by atoms with Crippen LogP contribution in [0.5, 0.6) is 0 Å². The second kappa shape index (κ2) is 5.78. The van der Waals surface area contributed by atoms with Crippen molar-refractivity contribution in [1.29, 1.82) is 0 Å². The number of likely N-dealkylation sites (tertiary alicyclic amines) is 1. The molecule has 1 fully saturated rings. The molecule has 1 aliphatic rings. The van der Waals surface area contributed by atoms with Crippen LogP contribution < -0.4 is 5.73 Å². The Morgan fingerprint density at radius 1 is 1.50 bits per heavy atom. The summed E-state index contributed by atoms with van der Waals surface area (Å²) in [5, 5.41) is 9.81. The zero-order valence-corrected chi connectivity index (χ0v) is 11.2. The monoisotopic (exact) mass is 249 g/mol. The van der Waals surface area contributed by atoms with Gasteiger partial charge in [0.15, 0.2) is 0 Å². The van der Waals surface area contributed by atoms with Crippen molar-refractivity contribution in [3.8, 4) is 0 Å². The zero-order valence-electron chi connectivity index (χ0n) is 11.2. The molecule has 3 N–H and O–H groups in total. The number of aliphatic hydroxyl groups is 1. The molecule has 100 valence electrons. The normalized spacial score (nSPS) is 28.9. The Morgan fingerprint density at radius 2 is 2.28 bits per heavy atom. The number of aromatic nitrogens is 1. The molecule has 0 saturated carbocycles. The average Bonchev–Trinajstić information content (AvgIpc) is 2.35. The van der Waals surface area contributed by atoms with E-state index in [1.807, 2.05) is 31.3 Å². The highest BCUT2D eigenvalue weighted by Crippen LogP contribution is 2.27. The van der Waals surface area contributed by atoms with Crippen molar-refractivity contribution in [3.63, 3.8) is 0 Å². The number of nitrogens with zero attached hydrogens (tertiary/aromatic N) is 2. The SMILES string of the molecule is CC(N)C(c1ccccn1)N1CCC(O)C(C)C1. The van der Waals surface area contributed by atoms with Crippen LogP contribution in [-0.4, -0.2) is 40.2 Å². The maximum Gasteiger partial charge on any atom is 0.0671 e. The minimum atomic E-state index is -0.182. The Kier molecular flexibility index (Phi) is 4.32. The summed E-state index contributed by atoms with van der Waals surface area (Å²) in [5.74, 6) is 0.295. The maximum absolute atomic E-state index is 9.81. The third kappa shape index (κ3) is 2.88. The summed E-state index contributed by atoms with van der Waals surface area (Å²) < 4.78 is 0. The van der Waals surface area contributed by atoms with Gasteiger partial charge in [-0.15, -0.1) is 0 Å². The van der Waals surface area contributed by atoms with Gasteiger partial charge in [0, 0.05) is 25.3 Å². The molecule has 1 aromatic heterocycles. The predicted octanol–water partition coefficient (Wildman–Crippen LogP) is 1.17. The third-order valence-corrected chi connectivity index (χ3v) is 3.77. The summed E-state index contributed by atoms with van der Waals surface area (Å²) in [7, 11) is 0. The van der Waals surface area contributed by atoms with E-state index in [2.05, 4.69) is 16.8 Å². The van der Waals surface area contributed by atoms with Crippen LogP contribution in [0.3, 0.4) is 0 Å². The van der Waals surface area contributed by atoms with Gasteiger partial charge >= 0.3 is 0 Å². The molecule has 1 aromatic rings. The Morgan fingerprint density at radius 3 is 2.83 bits per heavy atom. The number of hydrogen-bond donors (Lipinski definition) is 2. The van der Waals surface area contributed by atoms with Crippen LogP contribution in [0.4, 0.5) is 0 Å². The van der Waals surface area contributed by atoms with E-state index in [1.54, 1.807) is 0 Å². The van der Waals surface area contributed by atoms with Crippen molar-refractivity contribution >= 4 is 0 Å². The molecule has 2 rings (SSSR count). The van der Waals surface area contributed by atoms with E-state index in [4.69, 9.17) is 5.73 Å². The molecule has 4 nitrogen and oxygen atoms in total. The van der Waals surface area contributed by atoms with E-state index in [0.29, 0.717) is 5.92 Å². The van der Waals surface area contributed by atoms with Gasteiger partial charge in [0.25, 0.3) is 0 Å². The summed E-state index contributed by atoms with van der Waals surface area (Å²) in [6.07, 6.45) is 2.45. The minimum absolute atomic E-state index is 0.0299. The van der Waals surface area contributed by atoms with Gasteiger partial charge in [-0.05, 0) is 31.4 Å². The first kappa shape index (κ1) is 13.5. The lowest BCUT2D eigenvalue weighted by molar-refractivity contribution is 0.0117. The molecule has 1 saturated heterocycles. The molecule has 1 aliphatic heterocycles. The second-order valence-electron chi connectivity index (χ2n) is 5.39. The molecule has 0 radical (unpaired) electrons. The quantitative estimate of drug-likeness (QED) is 0.844. The number of aliphatic hydroxyl groups excluding tert-OH is 1. The summed E-state index contributed by atoms with van der Waals surface area (Å²) >= 11 is 0. The molecule has 4 unspecified atom stereocenters. The van der Waals surface area contributed by atoms with Crippen LogP contribution in [-0.2, 0) is 0 Å². The van der Waals surface area contributed by atoms with Gasteiger partial charge in [-0.3, -0.25) is 9.88 Å². The lowest BCUT2D eigenvalue weighted by Gasteiger charge is -2.40. The number of nitrogens with two attached hydrogens (primary N) is 1. The summed E-state index contributed by atoms with van der Waals surface area (Å²) in [5.41, 5.74) is 7.16. The second-order valence-corrected chi connectivity index (χ2v) is 5.39. The fourth-order valence-electron chi connectivity index (χ4n) is 2.76. The molecule has 0 amide bonds. The average molecular weight is 249 g/mol. The van der Waals surface area contributed by atoms with Crippen molar-refractivity contribution in [1.82, 2.24) is 9.88 Å². The van der Waals surface area contributed by atoms with Crippen molar-refractivity contribution in [3.05, 3.63) is 30.1 Å². The molecule has 0 bridgehead atoms. The first-order chi connectivity index (χ1) is 8.59. The zero-order chi connectivity index (χ0) is 13.1. The fourth-order valence-corrected chi connectivity index (χ4v) is 2.76.